The number of hydrogen-bond acceptors (Lipinski definition) is 2. The molecule has 1 fully saturated rings. The summed E-state index contributed by atoms with van der Waals surface area (Å²) in [6.45, 7) is 5.54. The van der Waals surface area contributed by atoms with Crippen molar-refractivity contribution < 1.29 is 4.79 Å². The van der Waals surface area contributed by atoms with E-state index in [0.29, 0.717) is 12.2 Å². The minimum atomic E-state index is 0.300. The van der Waals surface area contributed by atoms with Crippen LogP contribution in [0.25, 0.3) is 0 Å². The van der Waals surface area contributed by atoms with E-state index in [1.807, 2.05) is 12.1 Å². The Labute approximate surface area is 161 Å². The molecule has 0 bridgehead atoms. The fourth-order valence-electron chi connectivity index (χ4n) is 3.91. The van der Waals surface area contributed by atoms with E-state index in [2.05, 4.69) is 24.0 Å². The van der Waals surface area contributed by atoms with Gasteiger partial charge in [-0.1, -0.05) is 82.6 Å². The maximum atomic E-state index is 12.4. The molecule has 0 saturated carbocycles. The summed E-state index contributed by atoms with van der Waals surface area (Å²) < 4.78 is 0. The van der Waals surface area contributed by atoms with E-state index in [9.17, 15) is 4.79 Å². The maximum absolute atomic E-state index is 12.4. The van der Waals surface area contributed by atoms with Gasteiger partial charge in [-0.05, 0) is 44.3 Å². The molecular formula is C24H39NO. The second kappa shape index (κ2) is 13.1. The lowest BCUT2D eigenvalue weighted by molar-refractivity contribution is 0.0958. The van der Waals surface area contributed by atoms with Gasteiger partial charge in [-0.3, -0.25) is 4.79 Å². The molecule has 0 spiro atoms. The Kier molecular flexibility index (Phi) is 10.6. The van der Waals surface area contributed by atoms with Gasteiger partial charge in [-0.2, -0.15) is 0 Å². The van der Waals surface area contributed by atoms with Crippen molar-refractivity contribution >= 4 is 5.78 Å². The molecule has 1 aliphatic rings. The first-order valence-electron chi connectivity index (χ1n) is 11.1. The average molecular weight is 358 g/mol. The molecule has 0 amide bonds. The van der Waals surface area contributed by atoms with Gasteiger partial charge < -0.3 is 4.90 Å². The molecule has 2 rings (SSSR count). The number of carbonyl (C=O) groups excluding carboxylic acids is 1. The fourth-order valence-corrected chi connectivity index (χ4v) is 3.91. The van der Waals surface area contributed by atoms with Crippen molar-refractivity contribution in [2.45, 2.75) is 90.4 Å². The van der Waals surface area contributed by atoms with Gasteiger partial charge in [0.05, 0.1) is 0 Å². The molecule has 0 N–H and O–H groups in total. The highest BCUT2D eigenvalue weighted by Gasteiger charge is 2.12. The van der Waals surface area contributed by atoms with Gasteiger partial charge in [0.2, 0.25) is 0 Å². The van der Waals surface area contributed by atoms with Crippen LogP contribution in [-0.2, 0) is 6.42 Å². The molecule has 2 nitrogen and oxygen atoms in total. The summed E-state index contributed by atoms with van der Waals surface area (Å²) in [5.41, 5.74) is 2.27. The molecular weight excluding hydrogens is 318 g/mol. The summed E-state index contributed by atoms with van der Waals surface area (Å²) in [7, 11) is 0. The van der Waals surface area contributed by atoms with Crippen molar-refractivity contribution in [2.24, 2.45) is 0 Å². The van der Waals surface area contributed by atoms with Crippen molar-refractivity contribution in [3.8, 4) is 0 Å². The van der Waals surface area contributed by atoms with Crippen molar-refractivity contribution in [1.82, 2.24) is 4.90 Å². The van der Waals surface area contributed by atoms with E-state index in [4.69, 9.17) is 0 Å². The van der Waals surface area contributed by atoms with E-state index >= 15 is 0 Å². The lowest BCUT2D eigenvalue weighted by atomic mass is 10.0. The smallest absolute Gasteiger partial charge is 0.164 e. The van der Waals surface area contributed by atoms with Crippen molar-refractivity contribution in [3.05, 3.63) is 35.4 Å². The monoisotopic (exact) mass is 357 g/mol. The molecule has 26 heavy (non-hydrogen) atoms. The number of piperidine rings is 1. The minimum Gasteiger partial charge on any atom is -0.303 e. The first kappa shape index (κ1) is 21.2. The van der Waals surface area contributed by atoms with Crippen molar-refractivity contribution in [2.75, 3.05) is 19.6 Å². The van der Waals surface area contributed by atoms with Crippen LogP contribution in [-0.4, -0.2) is 30.3 Å². The van der Waals surface area contributed by atoms with Crippen LogP contribution in [0.2, 0.25) is 0 Å². The van der Waals surface area contributed by atoms with Crippen LogP contribution in [0, 0.1) is 0 Å². The third kappa shape index (κ3) is 8.49. The van der Waals surface area contributed by atoms with Crippen LogP contribution < -0.4 is 0 Å². The van der Waals surface area contributed by atoms with Gasteiger partial charge in [-0.15, -0.1) is 0 Å². The zero-order valence-electron chi connectivity index (χ0n) is 17.0. The SMILES string of the molecule is CCCCCCCCCCc1ccc(C(=O)CCN2CCCCC2)cc1. The molecule has 0 aliphatic carbocycles. The van der Waals surface area contributed by atoms with Crippen LogP contribution in [0.3, 0.4) is 0 Å². The average Bonchev–Trinajstić information content (AvgIpc) is 2.69. The number of aryl methyl sites for hydroxylation is 1. The number of ketones is 1. The van der Waals surface area contributed by atoms with Crippen molar-refractivity contribution in [1.29, 1.82) is 0 Å². The predicted molar refractivity (Wildman–Crippen MR) is 112 cm³/mol. The Hall–Kier alpha value is -1.15. The summed E-state index contributed by atoms with van der Waals surface area (Å²) in [6, 6.07) is 8.40. The molecule has 1 aromatic rings. The Morgan fingerprint density at radius 2 is 1.46 bits per heavy atom. The van der Waals surface area contributed by atoms with Gasteiger partial charge in [0.15, 0.2) is 5.78 Å². The lowest BCUT2D eigenvalue weighted by Gasteiger charge is -2.25. The van der Waals surface area contributed by atoms with Gasteiger partial charge in [0.1, 0.15) is 0 Å². The third-order valence-corrected chi connectivity index (χ3v) is 5.70. The zero-order chi connectivity index (χ0) is 18.5. The maximum Gasteiger partial charge on any atom is 0.164 e. The molecule has 0 unspecified atom stereocenters. The van der Waals surface area contributed by atoms with Gasteiger partial charge in [0.25, 0.3) is 0 Å². The van der Waals surface area contributed by atoms with Crippen LogP contribution in [0.5, 0.6) is 0 Å². The molecule has 1 saturated heterocycles. The Morgan fingerprint density at radius 3 is 2.12 bits per heavy atom. The number of nitrogens with zero attached hydrogens (tertiary/aromatic N) is 1. The second-order valence-corrected chi connectivity index (χ2v) is 8.00. The molecule has 2 heteroatoms. The van der Waals surface area contributed by atoms with Crippen LogP contribution >= 0.6 is 0 Å². The van der Waals surface area contributed by atoms with Crippen LogP contribution in [0.1, 0.15) is 99.9 Å². The highest BCUT2D eigenvalue weighted by Crippen LogP contribution is 2.14. The van der Waals surface area contributed by atoms with Gasteiger partial charge in [0, 0.05) is 18.5 Å². The Morgan fingerprint density at radius 1 is 0.846 bits per heavy atom. The molecule has 0 atom stereocenters. The number of rotatable bonds is 13. The summed E-state index contributed by atoms with van der Waals surface area (Å²) in [4.78, 5) is 14.8. The predicted octanol–water partition coefficient (Wildman–Crippen LogP) is 6.43. The number of benzene rings is 1. The summed E-state index contributed by atoms with van der Waals surface area (Å²) in [5, 5.41) is 0. The van der Waals surface area contributed by atoms with Gasteiger partial charge in [-0.25, -0.2) is 0 Å². The van der Waals surface area contributed by atoms with Gasteiger partial charge >= 0.3 is 0 Å². The topological polar surface area (TPSA) is 20.3 Å². The fraction of sp³-hybridized carbons (Fsp3) is 0.708. The molecule has 1 heterocycles. The van der Waals surface area contributed by atoms with E-state index in [1.54, 1.807) is 0 Å². The number of hydrogen-bond donors (Lipinski definition) is 0. The lowest BCUT2D eigenvalue weighted by Crippen LogP contribution is -2.31. The highest BCUT2D eigenvalue weighted by molar-refractivity contribution is 5.96. The first-order valence-corrected chi connectivity index (χ1v) is 11.1. The van der Waals surface area contributed by atoms with E-state index < -0.39 is 0 Å². The first-order chi connectivity index (χ1) is 12.8. The van der Waals surface area contributed by atoms with Crippen LogP contribution in [0.15, 0.2) is 24.3 Å². The normalized spacial score (nSPS) is 15.3. The number of carbonyl (C=O) groups is 1. The zero-order valence-corrected chi connectivity index (χ0v) is 17.0. The van der Waals surface area contributed by atoms with E-state index in [1.165, 1.54) is 89.3 Å². The second-order valence-electron chi connectivity index (χ2n) is 8.00. The molecule has 0 aromatic heterocycles. The van der Waals surface area contributed by atoms with E-state index in [0.717, 1.165) is 18.5 Å². The summed E-state index contributed by atoms with van der Waals surface area (Å²) in [6.07, 6.45) is 16.7. The highest BCUT2D eigenvalue weighted by atomic mass is 16.1. The molecule has 146 valence electrons. The number of likely N-dealkylation sites (tertiary alicyclic amines) is 1. The third-order valence-electron chi connectivity index (χ3n) is 5.70. The Bertz CT molecular complexity index is 487. The molecule has 1 aromatic carbocycles. The minimum absolute atomic E-state index is 0.300. The summed E-state index contributed by atoms with van der Waals surface area (Å²) in [5.74, 6) is 0.300. The number of Topliss-reactive ketones (excluding diaryl/α,β-unsaturated/α-hetero) is 1. The van der Waals surface area contributed by atoms with Crippen molar-refractivity contribution in [3.63, 3.8) is 0 Å². The summed E-state index contributed by atoms with van der Waals surface area (Å²) >= 11 is 0. The van der Waals surface area contributed by atoms with E-state index in [-0.39, 0.29) is 0 Å². The molecule has 0 radical (unpaired) electrons. The number of unbranched alkanes of at least 4 members (excludes halogenated alkanes) is 7. The largest absolute Gasteiger partial charge is 0.303 e. The molecule has 1 aliphatic heterocycles. The standard InChI is InChI=1S/C24H39NO/c1-2-3-4-5-6-7-8-10-13-22-14-16-23(17-15-22)24(26)18-21-25-19-11-9-12-20-25/h14-17H,2-13,18-21H2,1H3. The van der Waals surface area contributed by atoms with Crippen LogP contribution in [0.4, 0.5) is 0 Å². The quantitative estimate of drug-likeness (QED) is 0.299. The Balaban J connectivity index is 1.58.